The lowest BCUT2D eigenvalue weighted by molar-refractivity contribution is -0.118. The first-order valence-corrected chi connectivity index (χ1v) is 4.75. The van der Waals surface area contributed by atoms with Crippen molar-refractivity contribution in [2.24, 2.45) is 11.5 Å². The van der Waals surface area contributed by atoms with E-state index >= 15 is 0 Å². The molecule has 1 amide bonds. The number of methoxy groups -OCH3 is 1. The Hall–Kier alpha value is -1.39. The largest absolute Gasteiger partial charge is 0.380 e. The number of carbonyl (C=O) groups excluding carboxylic acids is 1. The molecule has 1 atom stereocenters. The summed E-state index contributed by atoms with van der Waals surface area (Å²) in [5.41, 5.74) is 12.8. The monoisotopic (exact) mass is 208 g/mol. The lowest BCUT2D eigenvalue weighted by Gasteiger charge is -2.11. The van der Waals surface area contributed by atoms with Crippen molar-refractivity contribution in [1.82, 2.24) is 0 Å². The third kappa shape index (κ3) is 3.69. The van der Waals surface area contributed by atoms with Crippen LogP contribution in [0.25, 0.3) is 0 Å². The Bertz CT molecular complexity index is 339. The van der Waals surface area contributed by atoms with Crippen molar-refractivity contribution in [3.8, 4) is 0 Å². The van der Waals surface area contributed by atoms with E-state index in [1.165, 1.54) is 0 Å². The fourth-order valence-electron chi connectivity index (χ4n) is 1.41. The van der Waals surface area contributed by atoms with Crippen LogP contribution in [-0.4, -0.2) is 13.0 Å². The lowest BCUT2D eigenvalue weighted by Crippen LogP contribution is -2.20. The molecule has 0 spiro atoms. The summed E-state index contributed by atoms with van der Waals surface area (Å²) in [4.78, 5) is 10.7. The molecule has 15 heavy (non-hydrogen) atoms. The highest BCUT2D eigenvalue weighted by Gasteiger charge is 2.09. The first-order chi connectivity index (χ1) is 7.13. The van der Waals surface area contributed by atoms with E-state index in [-0.39, 0.29) is 18.4 Å². The van der Waals surface area contributed by atoms with Crippen LogP contribution in [0.2, 0.25) is 0 Å². The third-order valence-corrected chi connectivity index (χ3v) is 2.11. The van der Waals surface area contributed by atoms with Crippen molar-refractivity contribution in [2.75, 3.05) is 7.11 Å². The van der Waals surface area contributed by atoms with Gasteiger partial charge in [0.25, 0.3) is 0 Å². The van der Waals surface area contributed by atoms with Gasteiger partial charge in [-0.3, -0.25) is 4.79 Å². The number of benzene rings is 1. The molecule has 1 rings (SSSR count). The third-order valence-electron chi connectivity index (χ3n) is 2.11. The SMILES string of the molecule is COCc1cccc([C@H](N)CC(N)=O)c1. The molecule has 0 saturated carbocycles. The highest BCUT2D eigenvalue weighted by atomic mass is 16.5. The Kier molecular flexibility index (Phi) is 4.27. The maximum atomic E-state index is 10.7. The van der Waals surface area contributed by atoms with Crippen molar-refractivity contribution in [2.45, 2.75) is 19.1 Å². The summed E-state index contributed by atoms with van der Waals surface area (Å²) in [7, 11) is 1.63. The molecule has 0 heterocycles. The van der Waals surface area contributed by atoms with Crippen LogP contribution in [0, 0.1) is 0 Å². The van der Waals surface area contributed by atoms with Gasteiger partial charge in [0.15, 0.2) is 0 Å². The molecule has 82 valence electrons. The van der Waals surface area contributed by atoms with Gasteiger partial charge >= 0.3 is 0 Å². The molecule has 1 aromatic carbocycles. The summed E-state index contributed by atoms with van der Waals surface area (Å²) < 4.78 is 5.01. The Morgan fingerprint density at radius 2 is 2.27 bits per heavy atom. The number of rotatable bonds is 5. The van der Waals surface area contributed by atoms with Crippen molar-refractivity contribution < 1.29 is 9.53 Å². The number of ether oxygens (including phenoxy) is 1. The van der Waals surface area contributed by atoms with Gasteiger partial charge in [0.1, 0.15) is 0 Å². The molecule has 0 aliphatic heterocycles. The van der Waals surface area contributed by atoms with Gasteiger partial charge in [-0.2, -0.15) is 0 Å². The molecular weight excluding hydrogens is 192 g/mol. The van der Waals surface area contributed by atoms with Crippen molar-refractivity contribution >= 4 is 5.91 Å². The number of nitrogens with two attached hydrogens (primary N) is 2. The standard InChI is InChI=1S/C11H16N2O2/c1-15-7-8-3-2-4-9(5-8)10(12)6-11(13)14/h2-5,10H,6-7,12H2,1H3,(H2,13,14)/t10-/m1/s1. The zero-order valence-electron chi connectivity index (χ0n) is 8.77. The highest BCUT2D eigenvalue weighted by Crippen LogP contribution is 2.15. The van der Waals surface area contributed by atoms with E-state index in [4.69, 9.17) is 16.2 Å². The molecule has 4 N–H and O–H groups in total. The van der Waals surface area contributed by atoms with Crippen LogP contribution in [-0.2, 0) is 16.1 Å². The highest BCUT2D eigenvalue weighted by molar-refractivity contribution is 5.74. The van der Waals surface area contributed by atoms with Gasteiger partial charge in [-0.1, -0.05) is 24.3 Å². The number of amides is 1. The lowest BCUT2D eigenvalue weighted by atomic mass is 10.0. The van der Waals surface area contributed by atoms with Gasteiger partial charge in [-0.15, -0.1) is 0 Å². The Labute approximate surface area is 89.2 Å². The predicted octanol–water partition coefficient (Wildman–Crippen LogP) is 0.708. The molecule has 0 radical (unpaired) electrons. The molecular formula is C11H16N2O2. The molecule has 4 heteroatoms. The van der Waals surface area contributed by atoms with Crippen LogP contribution in [0.4, 0.5) is 0 Å². The molecule has 0 bridgehead atoms. The minimum atomic E-state index is -0.389. The number of hydrogen-bond donors (Lipinski definition) is 2. The van der Waals surface area contributed by atoms with Crippen molar-refractivity contribution in [1.29, 1.82) is 0 Å². The molecule has 0 saturated heterocycles. The molecule has 0 fully saturated rings. The van der Waals surface area contributed by atoms with Gasteiger partial charge in [-0.25, -0.2) is 0 Å². The van der Waals surface area contributed by atoms with Crippen LogP contribution in [0.5, 0.6) is 0 Å². The molecule has 1 aromatic rings. The van der Waals surface area contributed by atoms with Crippen LogP contribution < -0.4 is 11.5 Å². The zero-order chi connectivity index (χ0) is 11.3. The number of primary amides is 1. The van der Waals surface area contributed by atoms with Crippen molar-refractivity contribution in [3.05, 3.63) is 35.4 Å². The summed E-state index contributed by atoms with van der Waals surface area (Å²) in [6, 6.07) is 7.32. The maximum absolute atomic E-state index is 10.7. The molecule has 0 unspecified atom stereocenters. The average Bonchev–Trinajstić information content (AvgIpc) is 2.17. The normalized spacial score (nSPS) is 12.4. The fourth-order valence-corrected chi connectivity index (χ4v) is 1.41. The van der Waals surface area contributed by atoms with Gasteiger partial charge in [0, 0.05) is 19.6 Å². The van der Waals surface area contributed by atoms with E-state index < -0.39 is 0 Å². The molecule has 0 aliphatic carbocycles. The van der Waals surface area contributed by atoms with Gasteiger partial charge in [0.05, 0.1) is 6.61 Å². The second-order valence-electron chi connectivity index (χ2n) is 3.45. The molecule has 0 aromatic heterocycles. The second kappa shape index (κ2) is 5.48. The second-order valence-corrected chi connectivity index (χ2v) is 3.45. The van der Waals surface area contributed by atoms with Gasteiger partial charge in [0.2, 0.25) is 5.91 Å². The van der Waals surface area contributed by atoms with E-state index in [1.807, 2.05) is 24.3 Å². The first-order valence-electron chi connectivity index (χ1n) is 4.75. The summed E-state index contributed by atoms with van der Waals surface area (Å²) >= 11 is 0. The molecule has 0 aliphatic rings. The molecule has 4 nitrogen and oxygen atoms in total. The van der Waals surface area contributed by atoms with Gasteiger partial charge < -0.3 is 16.2 Å². The summed E-state index contributed by atoms with van der Waals surface area (Å²) in [6.45, 7) is 0.539. The summed E-state index contributed by atoms with van der Waals surface area (Å²) in [5.74, 6) is -0.389. The topological polar surface area (TPSA) is 78.3 Å². The predicted molar refractivity (Wildman–Crippen MR) is 57.9 cm³/mol. The van der Waals surface area contributed by atoms with E-state index in [0.717, 1.165) is 11.1 Å². The number of hydrogen-bond acceptors (Lipinski definition) is 3. The van der Waals surface area contributed by atoms with Gasteiger partial charge in [-0.05, 0) is 11.1 Å². The Balaban J connectivity index is 2.75. The van der Waals surface area contributed by atoms with Crippen LogP contribution >= 0.6 is 0 Å². The smallest absolute Gasteiger partial charge is 0.219 e. The first kappa shape index (κ1) is 11.7. The van der Waals surface area contributed by atoms with Crippen LogP contribution in [0.3, 0.4) is 0 Å². The minimum Gasteiger partial charge on any atom is -0.380 e. The number of carbonyl (C=O) groups is 1. The van der Waals surface area contributed by atoms with Crippen molar-refractivity contribution in [3.63, 3.8) is 0 Å². The minimum absolute atomic E-state index is 0.163. The maximum Gasteiger partial charge on any atom is 0.219 e. The average molecular weight is 208 g/mol. The fraction of sp³-hybridized carbons (Fsp3) is 0.364. The Morgan fingerprint density at radius 3 is 2.87 bits per heavy atom. The van der Waals surface area contributed by atoms with Crippen LogP contribution in [0.15, 0.2) is 24.3 Å². The summed E-state index contributed by atoms with van der Waals surface area (Å²) in [5, 5.41) is 0. The summed E-state index contributed by atoms with van der Waals surface area (Å²) in [6.07, 6.45) is 0.163. The van der Waals surface area contributed by atoms with E-state index in [2.05, 4.69) is 0 Å². The van der Waals surface area contributed by atoms with Crippen LogP contribution in [0.1, 0.15) is 23.6 Å². The van der Waals surface area contributed by atoms with E-state index in [0.29, 0.717) is 6.61 Å². The van der Waals surface area contributed by atoms with E-state index in [9.17, 15) is 4.79 Å². The van der Waals surface area contributed by atoms with E-state index in [1.54, 1.807) is 7.11 Å². The Morgan fingerprint density at radius 1 is 1.53 bits per heavy atom. The quantitative estimate of drug-likeness (QED) is 0.748. The zero-order valence-corrected chi connectivity index (χ0v) is 8.77.